The second kappa shape index (κ2) is 9.54. The van der Waals surface area contributed by atoms with Crippen LogP contribution in [0.1, 0.15) is 33.0 Å². The molecule has 0 saturated heterocycles. The van der Waals surface area contributed by atoms with Gasteiger partial charge in [-0.05, 0) is 37.8 Å². The highest BCUT2D eigenvalue weighted by Crippen LogP contribution is 2.20. The zero-order chi connectivity index (χ0) is 19.1. The van der Waals surface area contributed by atoms with Gasteiger partial charge in [-0.15, -0.1) is 11.3 Å². The van der Waals surface area contributed by atoms with Gasteiger partial charge in [0.15, 0.2) is 0 Å². The highest BCUT2D eigenvalue weighted by molar-refractivity contribution is 7.09. The summed E-state index contributed by atoms with van der Waals surface area (Å²) in [4.78, 5) is 27.4. The predicted molar refractivity (Wildman–Crippen MR) is 104 cm³/mol. The van der Waals surface area contributed by atoms with E-state index in [2.05, 4.69) is 21.3 Å². The third kappa shape index (κ3) is 5.19. The van der Waals surface area contributed by atoms with E-state index in [1.54, 1.807) is 25.5 Å². The fourth-order valence-corrected chi connectivity index (χ4v) is 3.51. The highest BCUT2D eigenvalue weighted by Gasteiger charge is 2.20. The van der Waals surface area contributed by atoms with E-state index < -0.39 is 0 Å². The Balaban J connectivity index is 1.99. The first-order chi connectivity index (χ1) is 12.4. The molecule has 0 aliphatic carbocycles. The number of aromatic nitrogens is 1. The molecular formula is C19H27N3O3S. The number of nitrogens with one attached hydrogen (secondary N) is 1. The molecule has 2 aromatic heterocycles. The fraction of sp³-hybridized carbons (Fsp3) is 0.474. The van der Waals surface area contributed by atoms with Crippen molar-refractivity contribution < 1.29 is 14.3 Å². The van der Waals surface area contributed by atoms with Crippen molar-refractivity contribution in [3.63, 3.8) is 0 Å². The zero-order valence-corrected chi connectivity index (χ0v) is 16.7. The Bertz CT molecular complexity index is 738. The van der Waals surface area contributed by atoms with Crippen LogP contribution in [0.25, 0.3) is 0 Å². The van der Waals surface area contributed by atoms with Crippen molar-refractivity contribution >= 4 is 23.2 Å². The Morgan fingerprint density at radius 2 is 2.12 bits per heavy atom. The topological polar surface area (TPSA) is 63.6 Å². The van der Waals surface area contributed by atoms with Crippen molar-refractivity contribution in [2.24, 2.45) is 0 Å². The number of nitrogens with zero attached hydrogens (tertiary/aromatic N) is 2. The van der Waals surface area contributed by atoms with Crippen molar-refractivity contribution in [2.75, 3.05) is 33.9 Å². The molecule has 26 heavy (non-hydrogen) atoms. The van der Waals surface area contributed by atoms with Gasteiger partial charge in [0.05, 0.1) is 18.7 Å². The summed E-state index contributed by atoms with van der Waals surface area (Å²) in [5.74, 6) is -0.299. The molecule has 2 rings (SSSR count). The quantitative estimate of drug-likeness (QED) is 0.683. The van der Waals surface area contributed by atoms with Crippen molar-refractivity contribution in [1.29, 1.82) is 0 Å². The Labute approximate surface area is 158 Å². The molecule has 2 amide bonds. The van der Waals surface area contributed by atoms with Crippen molar-refractivity contribution in [1.82, 2.24) is 14.8 Å². The molecule has 0 aliphatic rings. The van der Waals surface area contributed by atoms with Gasteiger partial charge in [0.25, 0.3) is 5.91 Å². The number of methoxy groups -OCH3 is 1. The van der Waals surface area contributed by atoms with E-state index >= 15 is 0 Å². The molecule has 0 atom stereocenters. The summed E-state index contributed by atoms with van der Waals surface area (Å²) in [6, 6.07) is 6.02. The summed E-state index contributed by atoms with van der Waals surface area (Å²) in [6.45, 7) is 5.90. The van der Waals surface area contributed by atoms with E-state index in [-0.39, 0.29) is 18.4 Å². The average molecular weight is 378 g/mol. The van der Waals surface area contributed by atoms with Crippen LogP contribution in [0, 0.1) is 13.8 Å². The largest absolute Gasteiger partial charge is 0.385 e. The maximum Gasteiger partial charge on any atom is 0.255 e. The molecule has 0 spiro atoms. The second-order valence-corrected chi connectivity index (χ2v) is 7.34. The fourth-order valence-electron chi connectivity index (χ4n) is 2.81. The van der Waals surface area contributed by atoms with Crippen LogP contribution in [0.5, 0.6) is 0 Å². The molecule has 0 saturated carbocycles. The molecule has 0 unspecified atom stereocenters. The number of thiophene rings is 1. The molecule has 1 N–H and O–H groups in total. The Morgan fingerprint density at radius 1 is 1.35 bits per heavy atom. The second-order valence-electron chi connectivity index (χ2n) is 6.31. The molecule has 0 aromatic carbocycles. The van der Waals surface area contributed by atoms with E-state index in [9.17, 15) is 9.59 Å². The maximum absolute atomic E-state index is 12.8. The third-order valence-electron chi connectivity index (χ3n) is 4.27. The standard InChI is InChI=1S/C19H27N3O3S/c1-14-11-17(15(2)22(14)12-16-7-5-10-26-16)19(24)21(3)13-18(23)20-8-6-9-25-4/h5,7,10-11H,6,8-9,12-13H2,1-4H3,(H,20,23). The van der Waals surface area contributed by atoms with Crippen molar-refractivity contribution in [3.05, 3.63) is 45.4 Å². The lowest BCUT2D eigenvalue weighted by atomic mass is 10.2. The average Bonchev–Trinajstić information content (AvgIpc) is 3.22. The van der Waals surface area contributed by atoms with Gasteiger partial charge in [0, 0.05) is 43.6 Å². The van der Waals surface area contributed by atoms with Crippen LogP contribution in [0.15, 0.2) is 23.6 Å². The van der Waals surface area contributed by atoms with Crippen LogP contribution in [-0.2, 0) is 16.1 Å². The van der Waals surface area contributed by atoms with Crippen LogP contribution in [-0.4, -0.2) is 55.1 Å². The minimum atomic E-state index is -0.163. The van der Waals surface area contributed by atoms with Gasteiger partial charge >= 0.3 is 0 Å². The lowest BCUT2D eigenvalue weighted by Crippen LogP contribution is -2.39. The number of amides is 2. The van der Waals surface area contributed by atoms with Gasteiger partial charge in [-0.3, -0.25) is 9.59 Å². The van der Waals surface area contributed by atoms with Crippen LogP contribution in [0.2, 0.25) is 0 Å². The molecular weight excluding hydrogens is 350 g/mol. The molecule has 0 aliphatic heterocycles. The Morgan fingerprint density at radius 3 is 2.77 bits per heavy atom. The first-order valence-corrected chi connectivity index (χ1v) is 9.52. The molecule has 0 bridgehead atoms. The summed E-state index contributed by atoms with van der Waals surface area (Å²) < 4.78 is 7.08. The summed E-state index contributed by atoms with van der Waals surface area (Å²) >= 11 is 1.70. The van der Waals surface area contributed by atoms with Gasteiger partial charge in [-0.1, -0.05) is 6.07 Å². The van der Waals surface area contributed by atoms with Gasteiger partial charge in [0.2, 0.25) is 5.91 Å². The van der Waals surface area contributed by atoms with Gasteiger partial charge in [-0.25, -0.2) is 0 Å². The number of carbonyl (C=O) groups excluding carboxylic acids is 2. The molecule has 6 nitrogen and oxygen atoms in total. The number of ether oxygens (including phenoxy) is 1. The van der Waals surface area contributed by atoms with Crippen LogP contribution in [0.3, 0.4) is 0 Å². The number of rotatable bonds is 9. The van der Waals surface area contributed by atoms with E-state index in [1.807, 2.05) is 26.0 Å². The molecule has 142 valence electrons. The van der Waals surface area contributed by atoms with Crippen molar-refractivity contribution in [2.45, 2.75) is 26.8 Å². The minimum absolute atomic E-state index is 0.0421. The minimum Gasteiger partial charge on any atom is -0.385 e. The lowest BCUT2D eigenvalue weighted by Gasteiger charge is -2.17. The number of likely N-dealkylation sites (N-methyl/N-ethyl adjacent to an activating group) is 1. The van der Waals surface area contributed by atoms with E-state index in [0.29, 0.717) is 18.7 Å². The summed E-state index contributed by atoms with van der Waals surface area (Å²) in [6.07, 6.45) is 0.754. The van der Waals surface area contributed by atoms with Crippen LogP contribution in [0.4, 0.5) is 0 Å². The monoisotopic (exact) mass is 377 g/mol. The smallest absolute Gasteiger partial charge is 0.255 e. The number of aryl methyl sites for hydroxylation is 1. The predicted octanol–water partition coefficient (Wildman–Crippen LogP) is 2.44. The first kappa shape index (κ1) is 20.2. The van der Waals surface area contributed by atoms with Crippen LogP contribution >= 0.6 is 11.3 Å². The SMILES string of the molecule is COCCCNC(=O)CN(C)C(=O)c1cc(C)n(Cc2cccs2)c1C. The maximum atomic E-state index is 12.8. The Kier molecular flexibility index (Phi) is 7.41. The highest BCUT2D eigenvalue weighted by atomic mass is 32.1. The number of hydrogen-bond donors (Lipinski definition) is 1. The molecule has 2 aromatic rings. The lowest BCUT2D eigenvalue weighted by molar-refractivity contribution is -0.121. The first-order valence-electron chi connectivity index (χ1n) is 8.64. The van der Waals surface area contributed by atoms with Gasteiger partial charge in [-0.2, -0.15) is 0 Å². The number of hydrogen-bond acceptors (Lipinski definition) is 4. The van der Waals surface area contributed by atoms with E-state index in [1.165, 1.54) is 9.78 Å². The molecule has 2 heterocycles. The van der Waals surface area contributed by atoms with Crippen molar-refractivity contribution in [3.8, 4) is 0 Å². The van der Waals surface area contributed by atoms with Gasteiger partial charge in [0.1, 0.15) is 0 Å². The normalized spacial score (nSPS) is 10.8. The third-order valence-corrected chi connectivity index (χ3v) is 5.13. The summed E-state index contributed by atoms with van der Waals surface area (Å²) in [7, 11) is 3.28. The molecule has 0 radical (unpaired) electrons. The molecule has 7 heteroatoms. The Hall–Kier alpha value is -2.12. The van der Waals surface area contributed by atoms with Gasteiger partial charge < -0.3 is 19.5 Å². The van der Waals surface area contributed by atoms with Crippen LogP contribution < -0.4 is 5.32 Å². The zero-order valence-electron chi connectivity index (χ0n) is 15.9. The molecule has 0 fully saturated rings. The van der Waals surface area contributed by atoms with E-state index in [4.69, 9.17) is 4.74 Å². The van der Waals surface area contributed by atoms with E-state index in [0.717, 1.165) is 24.4 Å². The summed E-state index contributed by atoms with van der Waals surface area (Å²) in [5.41, 5.74) is 2.61. The summed E-state index contributed by atoms with van der Waals surface area (Å²) in [5, 5.41) is 4.85. The number of carbonyl (C=O) groups is 2.